The van der Waals surface area contributed by atoms with Crippen LogP contribution in [0, 0.1) is 0 Å². The molecule has 4 rings (SSSR count). The third-order valence-corrected chi connectivity index (χ3v) is 6.07. The largest absolute Gasteiger partial charge is 0.462 e. The third-order valence-electron chi connectivity index (χ3n) is 5.20. The maximum absolute atomic E-state index is 13.2. The molecule has 2 amide bonds. The SMILES string of the molecule is CCNC(=O)Nc1cc(-c2nc(C(F)(F)F)cs2)c(-c2ccc3[nH]cc(C(=O)OCC)c(=O)c3c2)cn1. The molecule has 0 aliphatic carbocycles. The molecule has 3 N–H and O–H groups in total. The van der Waals surface area contributed by atoms with Gasteiger partial charge in [-0.25, -0.2) is 19.6 Å². The second kappa shape index (κ2) is 10.4. The Balaban J connectivity index is 1.87. The zero-order chi connectivity index (χ0) is 26.7. The van der Waals surface area contributed by atoms with E-state index >= 15 is 0 Å². The molecule has 192 valence electrons. The standard InChI is InChI=1S/C24H20F3N5O4S/c1-3-28-23(35)32-19-8-13(21-31-18(11-37-21)24(25,26)27)15(9-30-19)12-5-6-17-14(7-12)20(33)16(10-29-17)22(34)36-4-2/h5-11H,3-4H2,1-2H3,(H,29,33)(H2,28,30,32,35). The van der Waals surface area contributed by atoms with E-state index in [4.69, 9.17) is 4.74 Å². The number of benzene rings is 1. The van der Waals surface area contributed by atoms with Crippen molar-refractivity contribution in [3.8, 4) is 21.7 Å². The first-order chi connectivity index (χ1) is 17.6. The van der Waals surface area contributed by atoms with Gasteiger partial charge in [0, 0.05) is 46.3 Å². The fourth-order valence-corrected chi connectivity index (χ4v) is 4.38. The van der Waals surface area contributed by atoms with E-state index in [9.17, 15) is 27.6 Å². The van der Waals surface area contributed by atoms with Gasteiger partial charge in [-0.2, -0.15) is 13.2 Å². The number of pyridine rings is 2. The number of H-pyrrole nitrogens is 1. The molecule has 0 unspecified atom stereocenters. The van der Waals surface area contributed by atoms with Gasteiger partial charge in [0.05, 0.1) is 6.61 Å². The Bertz CT molecular complexity index is 1550. The van der Waals surface area contributed by atoms with Gasteiger partial charge >= 0.3 is 18.2 Å². The second-order valence-corrected chi connectivity index (χ2v) is 8.51. The van der Waals surface area contributed by atoms with Gasteiger partial charge in [0.25, 0.3) is 0 Å². The number of anilines is 1. The van der Waals surface area contributed by atoms with Crippen LogP contribution in [0.15, 0.2) is 46.8 Å². The van der Waals surface area contributed by atoms with Crippen LogP contribution in [0.5, 0.6) is 0 Å². The van der Waals surface area contributed by atoms with Gasteiger partial charge in [-0.05, 0) is 37.6 Å². The number of amides is 2. The highest BCUT2D eigenvalue weighted by Gasteiger charge is 2.34. The summed E-state index contributed by atoms with van der Waals surface area (Å²) < 4.78 is 44.7. The summed E-state index contributed by atoms with van der Waals surface area (Å²) in [6, 6.07) is 5.64. The summed E-state index contributed by atoms with van der Waals surface area (Å²) >= 11 is 0.778. The van der Waals surface area contributed by atoms with Crippen LogP contribution in [0.1, 0.15) is 29.9 Å². The number of fused-ring (bicyclic) bond motifs is 1. The number of thiazole rings is 1. The van der Waals surface area contributed by atoms with Crippen LogP contribution in [0.3, 0.4) is 0 Å². The molecule has 0 aliphatic heterocycles. The molecule has 0 atom stereocenters. The number of nitrogens with zero attached hydrogens (tertiary/aromatic N) is 2. The van der Waals surface area contributed by atoms with Gasteiger partial charge in [-0.3, -0.25) is 10.1 Å². The number of hydrogen-bond donors (Lipinski definition) is 3. The summed E-state index contributed by atoms with van der Waals surface area (Å²) in [6.45, 7) is 3.80. The number of urea groups is 1. The number of esters is 1. The molecular formula is C24H20F3N5O4S. The van der Waals surface area contributed by atoms with Crippen molar-refractivity contribution in [2.24, 2.45) is 0 Å². The molecule has 0 saturated heterocycles. The van der Waals surface area contributed by atoms with Crippen molar-refractivity contribution in [2.75, 3.05) is 18.5 Å². The molecule has 1 aromatic carbocycles. The van der Waals surface area contributed by atoms with Crippen molar-refractivity contribution < 1.29 is 27.5 Å². The highest BCUT2D eigenvalue weighted by Crippen LogP contribution is 2.38. The van der Waals surface area contributed by atoms with Crippen LogP contribution in [0.4, 0.5) is 23.8 Å². The fourth-order valence-electron chi connectivity index (χ4n) is 3.53. The van der Waals surface area contributed by atoms with Crippen molar-refractivity contribution in [2.45, 2.75) is 20.0 Å². The number of alkyl halides is 3. The van der Waals surface area contributed by atoms with E-state index in [1.165, 1.54) is 24.5 Å². The van der Waals surface area contributed by atoms with E-state index in [0.29, 0.717) is 23.2 Å². The smallest absolute Gasteiger partial charge is 0.434 e. The lowest BCUT2D eigenvalue weighted by Gasteiger charge is -2.12. The minimum absolute atomic E-state index is 0.0398. The number of halogens is 3. The van der Waals surface area contributed by atoms with Crippen molar-refractivity contribution >= 4 is 40.1 Å². The maximum Gasteiger partial charge on any atom is 0.434 e. The number of aromatic amines is 1. The first-order valence-electron chi connectivity index (χ1n) is 11.0. The molecule has 37 heavy (non-hydrogen) atoms. The molecule has 0 aliphatic rings. The molecule has 0 saturated carbocycles. The minimum atomic E-state index is -4.64. The Morgan fingerprint density at radius 2 is 1.95 bits per heavy atom. The molecule has 0 bridgehead atoms. The van der Waals surface area contributed by atoms with Crippen LogP contribution >= 0.6 is 11.3 Å². The zero-order valence-corrected chi connectivity index (χ0v) is 20.3. The van der Waals surface area contributed by atoms with Crippen molar-refractivity contribution in [3.05, 3.63) is 63.5 Å². The zero-order valence-electron chi connectivity index (χ0n) is 19.5. The summed E-state index contributed by atoms with van der Waals surface area (Å²) in [6.07, 6.45) is -1.99. The molecule has 13 heteroatoms. The lowest BCUT2D eigenvalue weighted by atomic mass is 9.99. The number of carbonyl (C=O) groups excluding carboxylic acids is 2. The first-order valence-corrected chi connectivity index (χ1v) is 11.9. The van der Waals surface area contributed by atoms with Gasteiger partial charge < -0.3 is 15.0 Å². The Kier molecular flexibility index (Phi) is 7.25. The predicted octanol–water partition coefficient (Wildman–Crippen LogP) is 5.05. The first kappa shape index (κ1) is 25.8. The molecule has 0 spiro atoms. The summed E-state index contributed by atoms with van der Waals surface area (Å²) in [5.41, 5.74) is -0.281. The van der Waals surface area contributed by atoms with Gasteiger partial charge in [0.15, 0.2) is 5.69 Å². The average Bonchev–Trinajstić information content (AvgIpc) is 3.35. The van der Waals surface area contributed by atoms with Crippen LogP contribution in [-0.2, 0) is 10.9 Å². The number of aromatic nitrogens is 3. The summed E-state index contributed by atoms with van der Waals surface area (Å²) in [5.74, 6) is -0.682. The van der Waals surface area contributed by atoms with Gasteiger partial charge in [-0.15, -0.1) is 11.3 Å². The number of rotatable bonds is 6. The molecule has 0 fully saturated rings. The minimum Gasteiger partial charge on any atom is -0.462 e. The maximum atomic E-state index is 13.2. The van der Waals surface area contributed by atoms with Gasteiger partial charge in [0.2, 0.25) is 5.43 Å². The van der Waals surface area contributed by atoms with E-state index < -0.39 is 29.3 Å². The van der Waals surface area contributed by atoms with Gasteiger partial charge in [0.1, 0.15) is 16.4 Å². The van der Waals surface area contributed by atoms with Crippen LogP contribution in [-0.4, -0.2) is 40.1 Å². The molecule has 0 radical (unpaired) electrons. The molecule has 4 aromatic rings. The van der Waals surface area contributed by atoms with Crippen LogP contribution < -0.4 is 16.1 Å². The molecule has 3 aromatic heterocycles. The summed E-state index contributed by atoms with van der Waals surface area (Å²) in [4.78, 5) is 48.0. The summed E-state index contributed by atoms with van der Waals surface area (Å²) in [5, 5.41) is 6.18. The number of ether oxygens (including phenoxy) is 1. The topological polar surface area (TPSA) is 126 Å². The Morgan fingerprint density at radius 1 is 1.16 bits per heavy atom. The molecular weight excluding hydrogens is 511 g/mol. The Hall–Kier alpha value is -4.26. The normalized spacial score (nSPS) is 11.4. The second-order valence-electron chi connectivity index (χ2n) is 7.65. The van der Waals surface area contributed by atoms with E-state index in [1.807, 2.05) is 0 Å². The fraction of sp³-hybridized carbons (Fsp3) is 0.208. The molecule has 3 heterocycles. The van der Waals surface area contributed by atoms with Crippen LogP contribution in [0.2, 0.25) is 0 Å². The summed E-state index contributed by atoms with van der Waals surface area (Å²) in [7, 11) is 0. The monoisotopic (exact) mass is 531 g/mol. The average molecular weight is 532 g/mol. The Morgan fingerprint density at radius 3 is 2.62 bits per heavy atom. The number of carbonyl (C=O) groups is 2. The highest BCUT2D eigenvalue weighted by molar-refractivity contribution is 7.13. The lowest BCUT2D eigenvalue weighted by molar-refractivity contribution is -0.140. The predicted molar refractivity (Wildman–Crippen MR) is 133 cm³/mol. The van der Waals surface area contributed by atoms with Crippen molar-refractivity contribution in [1.29, 1.82) is 0 Å². The quantitative estimate of drug-likeness (QED) is 0.299. The number of nitrogens with one attached hydrogen (secondary N) is 3. The van der Waals surface area contributed by atoms with E-state index in [2.05, 4.69) is 25.6 Å². The highest BCUT2D eigenvalue weighted by atomic mass is 32.1. The van der Waals surface area contributed by atoms with E-state index in [-0.39, 0.29) is 33.9 Å². The van der Waals surface area contributed by atoms with E-state index in [0.717, 1.165) is 16.7 Å². The van der Waals surface area contributed by atoms with E-state index in [1.54, 1.807) is 26.0 Å². The lowest BCUT2D eigenvalue weighted by Crippen LogP contribution is -2.28. The van der Waals surface area contributed by atoms with Gasteiger partial charge in [-0.1, -0.05) is 6.07 Å². The van der Waals surface area contributed by atoms with Crippen molar-refractivity contribution in [1.82, 2.24) is 20.3 Å². The Labute approximate surface area is 211 Å². The number of hydrogen-bond acceptors (Lipinski definition) is 7. The third kappa shape index (κ3) is 5.45. The molecule has 9 nitrogen and oxygen atoms in total. The van der Waals surface area contributed by atoms with Crippen molar-refractivity contribution in [3.63, 3.8) is 0 Å². The van der Waals surface area contributed by atoms with Crippen LogP contribution in [0.25, 0.3) is 32.6 Å².